The molecular formula is C14H17ClN4O. The molecular weight excluding hydrogens is 276 g/mol. The number of amides is 1. The van der Waals surface area contributed by atoms with E-state index < -0.39 is 0 Å². The van der Waals surface area contributed by atoms with E-state index in [1.54, 1.807) is 12.4 Å². The molecule has 4 aliphatic rings. The van der Waals surface area contributed by atoms with Gasteiger partial charge in [-0.1, -0.05) is 11.6 Å². The molecule has 1 N–H and O–H groups in total. The molecule has 5 rings (SSSR count). The van der Waals surface area contributed by atoms with Crippen LogP contribution in [0, 0.1) is 5.92 Å². The van der Waals surface area contributed by atoms with E-state index >= 15 is 0 Å². The maximum atomic E-state index is 10.9. The van der Waals surface area contributed by atoms with Gasteiger partial charge in [-0.3, -0.25) is 4.79 Å². The van der Waals surface area contributed by atoms with Gasteiger partial charge in [0.15, 0.2) is 0 Å². The number of hydrogen-bond acceptors (Lipinski definition) is 4. The lowest BCUT2D eigenvalue weighted by Crippen LogP contribution is -2.68. The Hall–Kier alpha value is -1.36. The van der Waals surface area contributed by atoms with Crippen LogP contribution in [0.15, 0.2) is 12.4 Å². The number of piperidine rings is 2. The number of hydrogen-bond donors (Lipinski definition) is 1. The fourth-order valence-corrected chi connectivity index (χ4v) is 4.84. The van der Waals surface area contributed by atoms with Crippen LogP contribution >= 0.6 is 11.6 Å². The lowest BCUT2D eigenvalue weighted by atomic mass is 9.59. The van der Waals surface area contributed by atoms with Crippen LogP contribution in [-0.4, -0.2) is 34.0 Å². The predicted octanol–water partition coefficient (Wildman–Crippen LogP) is 1.77. The van der Waals surface area contributed by atoms with Gasteiger partial charge < -0.3 is 10.2 Å². The summed E-state index contributed by atoms with van der Waals surface area (Å²) in [7, 11) is 0. The molecule has 4 bridgehead atoms. The van der Waals surface area contributed by atoms with Crippen molar-refractivity contribution in [1.29, 1.82) is 0 Å². The minimum atomic E-state index is 0.0224. The van der Waals surface area contributed by atoms with Crippen LogP contribution < -0.4 is 10.2 Å². The Balaban J connectivity index is 1.65. The Morgan fingerprint density at radius 1 is 1.25 bits per heavy atom. The van der Waals surface area contributed by atoms with Crippen molar-refractivity contribution in [1.82, 2.24) is 15.3 Å². The predicted molar refractivity (Wildman–Crippen MR) is 75.6 cm³/mol. The third-order valence-electron chi connectivity index (χ3n) is 5.17. The van der Waals surface area contributed by atoms with Crippen LogP contribution in [0.4, 0.5) is 5.82 Å². The van der Waals surface area contributed by atoms with Crippen molar-refractivity contribution in [2.24, 2.45) is 5.92 Å². The summed E-state index contributed by atoms with van der Waals surface area (Å²) < 4.78 is 0. The highest BCUT2D eigenvalue weighted by Crippen LogP contribution is 2.52. The monoisotopic (exact) mass is 292 g/mol. The van der Waals surface area contributed by atoms with Crippen molar-refractivity contribution in [2.45, 2.75) is 49.7 Å². The fourth-order valence-electron chi connectivity index (χ4n) is 4.74. The van der Waals surface area contributed by atoms with Gasteiger partial charge in [0.1, 0.15) is 11.0 Å². The van der Waals surface area contributed by atoms with Gasteiger partial charge in [0.05, 0.1) is 12.4 Å². The molecule has 106 valence electrons. The van der Waals surface area contributed by atoms with Crippen molar-refractivity contribution in [3.8, 4) is 0 Å². The summed E-state index contributed by atoms with van der Waals surface area (Å²) in [4.78, 5) is 21.9. The van der Waals surface area contributed by atoms with Crippen LogP contribution in [0.1, 0.15) is 32.1 Å². The number of rotatable bonds is 3. The molecule has 0 radical (unpaired) electrons. The first-order chi connectivity index (χ1) is 9.69. The largest absolute Gasteiger partial charge is 0.353 e. The second-order valence-corrected chi connectivity index (χ2v) is 6.79. The Bertz CT molecular complexity index is 518. The molecule has 2 aliphatic carbocycles. The average molecular weight is 293 g/mol. The Morgan fingerprint density at radius 2 is 2.00 bits per heavy atom. The molecule has 5 nitrogen and oxygen atoms in total. The molecule has 6 heteroatoms. The normalized spacial score (nSPS) is 38.0. The summed E-state index contributed by atoms with van der Waals surface area (Å²) in [6.45, 7) is 0. The van der Waals surface area contributed by atoms with Crippen molar-refractivity contribution in [2.75, 3.05) is 4.90 Å². The molecule has 1 amide bonds. The summed E-state index contributed by atoms with van der Waals surface area (Å²) in [5.74, 6) is 1.65. The third kappa shape index (κ3) is 1.79. The molecule has 2 aliphatic heterocycles. The summed E-state index contributed by atoms with van der Waals surface area (Å²) in [6, 6.07) is 0.924. The van der Waals surface area contributed by atoms with Crippen LogP contribution in [0.5, 0.6) is 0 Å². The number of nitrogens with one attached hydrogen (secondary N) is 1. The highest BCUT2D eigenvalue weighted by molar-refractivity contribution is 6.29. The minimum absolute atomic E-state index is 0.0224. The molecule has 2 saturated carbocycles. The van der Waals surface area contributed by atoms with Gasteiger partial charge in [-0.05, 0) is 38.0 Å². The zero-order valence-electron chi connectivity index (χ0n) is 11.1. The maximum absolute atomic E-state index is 10.9. The minimum Gasteiger partial charge on any atom is -0.353 e. The number of carbonyl (C=O) groups is 1. The maximum Gasteiger partial charge on any atom is 0.207 e. The molecule has 1 aromatic rings. The summed E-state index contributed by atoms with van der Waals surface area (Å²) in [5, 5.41) is 3.54. The van der Waals surface area contributed by atoms with Gasteiger partial charge in [-0.25, -0.2) is 9.97 Å². The summed E-state index contributed by atoms with van der Waals surface area (Å²) in [5.41, 5.74) is 0.0224. The number of carbonyl (C=O) groups excluding carboxylic acids is 1. The Morgan fingerprint density at radius 3 is 2.60 bits per heavy atom. The lowest BCUT2D eigenvalue weighted by Gasteiger charge is -2.61. The van der Waals surface area contributed by atoms with Crippen molar-refractivity contribution >= 4 is 23.8 Å². The van der Waals surface area contributed by atoms with Crippen LogP contribution in [0.3, 0.4) is 0 Å². The van der Waals surface area contributed by atoms with Crippen LogP contribution in [0.25, 0.3) is 0 Å². The van der Waals surface area contributed by atoms with Gasteiger partial charge in [0.2, 0.25) is 6.41 Å². The van der Waals surface area contributed by atoms with E-state index in [1.807, 2.05) is 0 Å². The smallest absolute Gasteiger partial charge is 0.207 e. The number of nitrogens with zero attached hydrogens (tertiary/aromatic N) is 3. The van der Waals surface area contributed by atoms with E-state index in [-0.39, 0.29) is 5.54 Å². The van der Waals surface area contributed by atoms with Crippen LogP contribution in [0.2, 0.25) is 5.15 Å². The highest BCUT2D eigenvalue weighted by atomic mass is 35.5. The van der Waals surface area contributed by atoms with Crippen molar-refractivity contribution in [3.63, 3.8) is 0 Å². The van der Waals surface area contributed by atoms with E-state index in [1.165, 1.54) is 12.8 Å². The SMILES string of the molecule is O=CNC12CC3CC(C1)N(c1cnc(Cl)cn1)C(C3)C2. The van der Waals surface area contributed by atoms with E-state index in [0.29, 0.717) is 17.2 Å². The lowest BCUT2D eigenvalue weighted by molar-refractivity contribution is -0.113. The highest BCUT2D eigenvalue weighted by Gasteiger charge is 2.54. The van der Waals surface area contributed by atoms with Gasteiger partial charge in [0.25, 0.3) is 0 Å². The third-order valence-corrected chi connectivity index (χ3v) is 5.36. The molecule has 2 unspecified atom stereocenters. The van der Waals surface area contributed by atoms with Gasteiger partial charge >= 0.3 is 0 Å². The molecule has 0 spiro atoms. The Kier molecular flexibility index (Phi) is 2.67. The van der Waals surface area contributed by atoms with Gasteiger partial charge in [-0.2, -0.15) is 0 Å². The fraction of sp³-hybridized carbons (Fsp3) is 0.643. The van der Waals surface area contributed by atoms with Gasteiger partial charge in [-0.15, -0.1) is 0 Å². The average Bonchev–Trinajstić information content (AvgIpc) is 2.39. The number of anilines is 1. The molecule has 20 heavy (non-hydrogen) atoms. The number of halogens is 1. The Labute approximate surface area is 122 Å². The molecule has 0 aromatic carbocycles. The first-order valence-corrected chi connectivity index (χ1v) is 7.54. The molecule has 2 saturated heterocycles. The van der Waals surface area contributed by atoms with Crippen LogP contribution in [-0.2, 0) is 4.79 Å². The van der Waals surface area contributed by atoms with E-state index in [2.05, 4.69) is 20.2 Å². The summed E-state index contributed by atoms with van der Waals surface area (Å²) >= 11 is 5.82. The number of aromatic nitrogens is 2. The quantitative estimate of drug-likeness (QED) is 0.863. The standard InChI is InChI=1S/C14H17ClN4O/c15-12-6-17-13(7-16-12)19-10-1-9-2-11(19)5-14(3-9,4-10)18-8-20/h6-11H,1-5H2,(H,18,20). The first kappa shape index (κ1) is 12.4. The van der Waals surface area contributed by atoms with Crippen molar-refractivity contribution in [3.05, 3.63) is 17.5 Å². The van der Waals surface area contributed by atoms with E-state index in [9.17, 15) is 4.79 Å². The first-order valence-electron chi connectivity index (χ1n) is 7.16. The zero-order valence-corrected chi connectivity index (χ0v) is 11.9. The van der Waals surface area contributed by atoms with Gasteiger partial charge in [0, 0.05) is 17.6 Å². The molecule has 1 aromatic heterocycles. The molecule has 2 atom stereocenters. The van der Waals surface area contributed by atoms with Crippen molar-refractivity contribution < 1.29 is 4.79 Å². The topological polar surface area (TPSA) is 58.1 Å². The van der Waals surface area contributed by atoms with E-state index in [0.717, 1.165) is 37.4 Å². The molecule has 4 fully saturated rings. The second-order valence-electron chi connectivity index (χ2n) is 6.40. The molecule has 3 heterocycles. The second kappa shape index (κ2) is 4.32. The zero-order chi connectivity index (χ0) is 13.7. The summed E-state index contributed by atoms with van der Waals surface area (Å²) in [6.07, 6.45) is 9.82. The van der Waals surface area contributed by atoms with E-state index in [4.69, 9.17) is 11.6 Å².